The van der Waals surface area contributed by atoms with E-state index in [0.29, 0.717) is 0 Å². The van der Waals surface area contributed by atoms with Crippen LogP contribution in [0.2, 0.25) is 0 Å². The predicted octanol–water partition coefficient (Wildman–Crippen LogP) is 4.05. The Morgan fingerprint density at radius 3 is 2.55 bits per heavy atom. The molecule has 0 saturated heterocycles. The Labute approximate surface area is 122 Å². The minimum absolute atomic E-state index is 0.184. The van der Waals surface area contributed by atoms with Crippen molar-refractivity contribution in [3.63, 3.8) is 0 Å². The average Bonchev–Trinajstić information content (AvgIpc) is 2.39. The van der Waals surface area contributed by atoms with E-state index in [0.717, 1.165) is 12.8 Å². The molecular formula is C16H28O4. The fraction of sp³-hybridized carbons (Fsp3) is 0.688. The Kier molecular flexibility index (Phi) is 11.9. The third-order valence-corrected chi connectivity index (χ3v) is 2.83. The number of rotatable bonds is 12. The average molecular weight is 284 g/mol. The molecule has 0 fully saturated rings. The standard InChI is InChI=1S/C16H28O4/c1-4-5-6-7-8-9-10-11-12-19-20-16(18)14(2)13-15(3)17/h11-12,15,17H,2,4-10,13H2,1,3H3. The van der Waals surface area contributed by atoms with Crippen LogP contribution in [0.25, 0.3) is 0 Å². The highest BCUT2D eigenvalue weighted by atomic mass is 17.2. The van der Waals surface area contributed by atoms with Gasteiger partial charge < -0.3 is 5.11 Å². The van der Waals surface area contributed by atoms with E-state index < -0.39 is 12.1 Å². The van der Waals surface area contributed by atoms with E-state index in [-0.39, 0.29) is 12.0 Å². The molecule has 0 aromatic carbocycles. The van der Waals surface area contributed by atoms with E-state index in [1.165, 1.54) is 38.4 Å². The van der Waals surface area contributed by atoms with Gasteiger partial charge in [0.1, 0.15) is 6.26 Å². The van der Waals surface area contributed by atoms with Crippen LogP contribution in [0, 0.1) is 0 Å². The number of carbonyl (C=O) groups is 1. The van der Waals surface area contributed by atoms with Crippen LogP contribution in [0.1, 0.15) is 65.2 Å². The minimum atomic E-state index is -0.643. The molecule has 1 atom stereocenters. The molecule has 4 heteroatoms. The quantitative estimate of drug-likeness (QED) is 0.193. The minimum Gasteiger partial charge on any atom is -0.393 e. The van der Waals surface area contributed by atoms with Crippen molar-refractivity contribution in [2.45, 2.75) is 71.3 Å². The van der Waals surface area contributed by atoms with Gasteiger partial charge in [0, 0.05) is 12.0 Å². The largest absolute Gasteiger partial charge is 0.393 e. The summed E-state index contributed by atoms with van der Waals surface area (Å²) < 4.78 is 0. The summed E-state index contributed by atoms with van der Waals surface area (Å²) in [6.07, 6.45) is 11.2. The van der Waals surface area contributed by atoms with E-state index in [1.807, 2.05) is 6.08 Å². The molecule has 0 aliphatic heterocycles. The topological polar surface area (TPSA) is 55.8 Å². The number of allylic oxidation sites excluding steroid dienone is 1. The van der Waals surface area contributed by atoms with Gasteiger partial charge in [0.2, 0.25) is 0 Å². The Balaban J connectivity index is 3.47. The molecule has 0 radical (unpaired) electrons. The summed E-state index contributed by atoms with van der Waals surface area (Å²) in [5.41, 5.74) is 0.198. The fourth-order valence-electron chi connectivity index (χ4n) is 1.72. The van der Waals surface area contributed by atoms with Gasteiger partial charge in [-0.15, -0.1) is 0 Å². The molecule has 0 aromatic rings. The Hall–Kier alpha value is -1.29. The normalized spacial score (nSPS) is 12.3. The van der Waals surface area contributed by atoms with Crippen molar-refractivity contribution in [2.24, 2.45) is 0 Å². The van der Waals surface area contributed by atoms with Gasteiger partial charge >= 0.3 is 5.97 Å². The van der Waals surface area contributed by atoms with Crippen molar-refractivity contribution in [3.8, 4) is 0 Å². The van der Waals surface area contributed by atoms with Gasteiger partial charge in [-0.3, -0.25) is 4.89 Å². The highest BCUT2D eigenvalue weighted by molar-refractivity contribution is 5.87. The van der Waals surface area contributed by atoms with Gasteiger partial charge in [0.05, 0.1) is 6.10 Å². The Bertz CT molecular complexity index is 295. The van der Waals surface area contributed by atoms with Crippen LogP contribution < -0.4 is 0 Å². The number of hydrogen-bond donors (Lipinski definition) is 1. The Morgan fingerprint density at radius 2 is 1.90 bits per heavy atom. The highest BCUT2D eigenvalue weighted by Gasteiger charge is 2.11. The summed E-state index contributed by atoms with van der Waals surface area (Å²) in [6, 6.07) is 0. The second-order valence-corrected chi connectivity index (χ2v) is 5.05. The summed E-state index contributed by atoms with van der Waals surface area (Å²) in [4.78, 5) is 20.5. The first kappa shape index (κ1) is 18.7. The maximum absolute atomic E-state index is 11.3. The van der Waals surface area contributed by atoms with Gasteiger partial charge in [-0.2, -0.15) is 0 Å². The lowest BCUT2D eigenvalue weighted by atomic mass is 10.1. The first-order chi connectivity index (χ1) is 9.57. The van der Waals surface area contributed by atoms with Crippen molar-refractivity contribution >= 4 is 5.97 Å². The lowest BCUT2D eigenvalue weighted by Gasteiger charge is -2.05. The molecule has 0 aliphatic carbocycles. The molecule has 0 saturated carbocycles. The van der Waals surface area contributed by atoms with Crippen molar-refractivity contribution in [1.29, 1.82) is 0 Å². The van der Waals surface area contributed by atoms with Crippen LogP contribution in [0.15, 0.2) is 24.5 Å². The van der Waals surface area contributed by atoms with Crippen LogP contribution in [-0.2, 0) is 14.6 Å². The molecule has 0 amide bonds. The maximum atomic E-state index is 11.3. The molecule has 0 aromatic heterocycles. The van der Waals surface area contributed by atoms with Crippen molar-refractivity contribution < 1.29 is 19.7 Å². The number of hydrogen-bond acceptors (Lipinski definition) is 4. The van der Waals surface area contributed by atoms with E-state index >= 15 is 0 Å². The van der Waals surface area contributed by atoms with Crippen molar-refractivity contribution in [3.05, 3.63) is 24.5 Å². The van der Waals surface area contributed by atoms with E-state index in [2.05, 4.69) is 23.3 Å². The SMILES string of the molecule is C=C(CC(C)O)C(=O)OOC=CCCCCCCCC. The zero-order chi connectivity index (χ0) is 15.2. The maximum Gasteiger partial charge on any atom is 0.381 e. The summed E-state index contributed by atoms with van der Waals surface area (Å²) in [5, 5.41) is 9.09. The lowest BCUT2D eigenvalue weighted by Crippen LogP contribution is -2.11. The second kappa shape index (κ2) is 12.7. The number of carbonyl (C=O) groups excluding carboxylic acids is 1. The van der Waals surface area contributed by atoms with Crippen LogP contribution in [0.5, 0.6) is 0 Å². The van der Waals surface area contributed by atoms with Gasteiger partial charge in [-0.1, -0.05) is 45.6 Å². The summed E-state index contributed by atoms with van der Waals surface area (Å²) in [7, 11) is 0. The molecule has 0 heterocycles. The van der Waals surface area contributed by atoms with E-state index in [4.69, 9.17) is 5.11 Å². The van der Waals surface area contributed by atoms with Gasteiger partial charge in [0.25, 0.3) is 0 Å². The monoisotopic (exact) mass is 284 g/mol. The molecule has 1 unspecified atom stereocenters. The van der Waals surface area contributed by atoms with Crippen LogP contribution in [0.3, 0.4) is 0 Å². The lowest BCUT2D eigenvalue weighted by molar-refractivity contribution is -0.234. The van der Waals surface area contributed by atoms with Crippen molar-refractivity contribution in [1.82, 2.24) is 0 Å². The van der Waals surface area contributed by atoms with E-state index in [9.17, 15) is 4.79 Å². The number of aliphatic hydroxyl groups is 1. The number of unbranched alkanes of at least 4 members (excludes halogenated alkanes) is 6. The van der Waals surface area contributed by atoms with Crippen LogP contribution in [0.4, 0.5) is 0 Å². The fourth-order valence-corrected chi connectivity index (χ4v) is 1.72. The molecule has 0 rings (SSSR count). The third-order valence-electron chi connectivity index (χ3n) is 2.83. The van der Waals surface area contributed by atoms with E-state index in [1.54, 1.807) is 6.92 Å². The molecule has 0 spiro atoms. The zero-order valence-corrected chi connectivity index (χ0v) is 12.8. The smallest absolute Gasteiger partial charge is 0.381 e. The molecular weight excluding hydrogens is 256 g/mol. The second-order valence-electron chi connectivity index (χ2n) is 5.05. The van der Waals surface area contributed by atoms with Gasteiger partial charge in [0.15, 0.2) is 0 Å². The number of aliphatic hydroxyl groups excluding tert-OH is 1. The zero-order valence-electron chi connectivity index (χ0n) is 12.8. The molecule has 4 nitrogen and oxygen atoms in total. The first-order valence-corrected chi connectivity index (χ1v) is 7.46. The van der Waals surface area contributed by atoms with Gasteiger partial charge in [-0.25, -0.2) is 9.68 Å². The molecule has 20 heavy (non-hydrogen) atoms. The summed E-state index contributed by atoms with van der Waals surface area (Å²) in [5.74, 6) is -0.643. The molecule has 0 bridgehead atoms. The summed E-state index contributed by atoms with van der Waals surface area (Å²) >= 11 is 0. The predicted molar refractivity (Wildman–Crippen MR) is 79.7 cm³/mol. The van der Waals surface area contributed by atoms with Gasteiger partial charge in [-0.05, 0) is 25.8 Å². The third kappa shape index (κ3) is 11.8. The van der Waals surface area contributed by atoms with Crippen LogP contribution in [-0.4, -0.2) is 17.2 Å². The van der Waals surface area contributed by atoms with Crippen molar-refractivity contribution in [2.75, 3.05) is 0 Å². The first-order valence-electron chi connectivity index (χ1n) is 7.46. The highest BCUT2D eigenvalue weighted by Crippen LogP contribution is 2.08. The molecule has 0 aliphatic rings. The molecule has 1 N–H and O–H groups in total. The Morgan fingerprint density at radius 1 is 1.25 bits per heavy atom. The van der Waals surface area contributed by atoms with Crippen LogP contribution >= 0.6 is 0 Å². The summed E-state index contributed by atoms with van der Waals surface area (Å²) in [6.45, 7) is 7.31. The molecule has 116 valence electrons.